The molecule has 2 aromatic rings. The Morgan fingerprint density at radius 3 is 1.58 bits per heavy atom. The molecule has 2 aromatic carbocycles. The monoisotopic (exact) mass is 651 g/mol. The second-order valence-corrected chi connectivity index (χ2v) is 20.5. The van der Waals surface area contributed by atoms with Gasteiger partial charge in [-0.25, -0.2) is 4.79 Å². The van der Waals surface area contributed by atoms with E-state index in [-0.39, 0.29) is 20.1 Å². The number of likely N-dealkylation sites (tertiary alicyclic amines) is 1. The van der Waals surface area contributed by atoms with E-state index in [9.17, 15) is 4.79 Å². The van der Waals surface area contributed by atoms with Crippen LogP contribution in [0.1, 0.15) is 91.4 Å². The average molecular weight is 652 g/mol. The Bertz CT molecular complexity index is 1150. The first-order valence-electron chi connectivity index (χ1n) is 17.6. The summed E-state index contributed by atoms with van der Waals surface area (Å²) >= 11 is 0. The molecule has 1 heterocycles. The van der Waals surface area contributed by atoms with Crippen LogP contribution in [-0.2, 0) is 4.74 Å². The Labute approximate surface area is 277 Å². The second kappa shape index (κ2) is 15.4. The lowest BCUT2D eigenvalue weighted by Gasteiger charge is -2.42. The van der Waals surface area contributed by atoms with Crippen molar-refractivity contribution in [2.75, 3.05) is 50.7 Å². The zero-order valence-electron chi connectivity index (χ0n) is 29.2. The first-order valence-corrected chi connectivity index (χ1v) is 20.7. The molecule has 0 radical (unpaired) electrons. The maximum atomic E-state index is 14.0. The van der Waals surface area contributed by atoms with Crippen molar-refractivity contribution in [3.8, 4) is 0 Å². The number of benzene rings is 2. The maximum Gasteiger partial charge on any atom is 0.410 e. The molecule has 1 saturated heterocycles. The van der Waals surface area contributed by atoms with Crippen molar-refractivity contribution in [2.24, 2.45) is 0 Å². The van der Waals surface area contributed by atoms with Gasteiger partial charge in [-0.15, -0.1) is 0 Å². The molecule has 3 fully saturated rings. The summed E-state index contributed by atoms with van der Waals surface area (Å²) in [7, 11) is 7.64. The van der Waals surface area contributed by atoms with Gasteiger partial charge in [0, 0.05) is 52.2 Å². The average Bonchev–Trinajstić information content (AvgIpc) is 3.44. The van der Waals surface area contributed by atoms with Gasteiger partial charge in [0.15, 0.2) is 0 Å². The molecule has 3 aliphatic rings. The van der Waals surface area contributed by atoms with Crippen LogP contribution >= 0.6 is 15.8 Å². The predicted octanol–water partition coefficient (Wildman–Crippen LogP) is 8.78. The van der Waals surface area contributed by atoms with Gasteiger partial charge in [-0.2, -0.15) is 0 Å². The van der Waals surface area contributed by atoms with Gasteiger partial charge in [-0.1, -0.05) is 70.7 Å². The lowest BCUT2D eigenvalue weighted by atomic mass is 9.99. The Morgan fingerprint density at radius 2 is 1.18 bits per heavy atom. The number of hydrogen-bond donors (Lipinski definition) is 0. The van der Waals surface area contributed by atoms with Crippen LogP contribution in [0.25, 0.3) is 0 Å². The topological polar surface area (TPSA) is 36.0 Å². The van der Waals surface area contributed by atoms with Crippen LogP contribution < -0.4 is 20.4 Å². The number of rotatable bonds is 9. The zero-order valence-corrected chi connectivity index (χ0v) is 31.0. The molecule has 5 nitrogen and oxygen atoms in total. The van der Waals surface area contributed by atoms with Crippen LogP contribution in [0.5, 0.6) is 0 Å². The van der Waals surface area contributed by atoms with Crippen LogP contribution in [0.4, 0.5) is 16.2 Å². The molecule has 248 valence electrons. The summed E-state index contributed by atoms with van der Waals surface area (Å²) in [6.45, 7) is 6.92. The molecular weight excluding hydrogens is 592 g/mol. The molecule has 1 aliphatic heterocycles. The third-order valence-electron chi connectivity index (χ3n) is 10.2. The highest BCUT2D eigenvalue weighted by Crippen LogP contribution is 2.61. The molecule has 0 bridgehead atoms. The van der Waals surface area contributed by atoms with Crippen molar-refractivity contribution in [2.45, 2.75) is 120 Å². The number of nitrogens with zero attached hydrogens (tertiary/aromatic N) is 3. The van der Waals surface area contributed by atoms with E-state index in [2.05, 4.69) is 91.4 Å². The van der Waals surface area contributed by atoms with Crippen LogP contribution in [0.2, 0.25) is 0 Å². The smallest absolute Gasteiger partial charge is 0.410 e. The second-order valence-electron chi connectivity index (χ2n) is 15.1. The maximum absolute atomic E-state index is 14.0. The highest BCUT2D eigenvalue weighted by atomic mass is 31.1. The van der Waals surface area contributed by atoms with Crippen LogP contribution in [-0.4, -0.2) is 80.5 Å². The van der Waals surface area contributed by atoms with Crippen LogP contribution in [0.3, 0.4) is 0 Å². The molecule has 2 atom stereocenters. The summed E-state index contributed by atoms with van der Waals surface area (Å²) in [6.07, 6.45) is 16.1. The fourth-order valence-electron chi connectivity index (χ4n) is 7.91. The van der Waals surface area contributed by atoms with E-state index < -0.39 is 13.5 Å². The number of amides is 1. The quantitative estimate of drug-likeness (QED) is 0.254. The molecule has 2 saturated carbocycles. The van der Waals surface area contributed by atoms with Gasteiger partial charge >= 0.3 is 6.09 Å². The SMILES string of the molecule is CN(C)c1ccc(P(C[C@@H]2C[C@H](P(C3CCCCC3)C3CCCCC3)CN2C(=O)OC(C)(C)C)c2ccc(N(C)C)cc2)cc1. The van der Waals surface area contributed by atoms with Gasteiger partial charge < -0.3 is 19.4 Å². The minimum absolute atomic E-state index is 0.0990. The van der Waals surface area contributed by atoms with E-state index in [4.69, 9.17) is 4.74 Å². The Kier molecular flexibility index (Phi) is 11.8. The van der Waals surface area contributed by atoms with E-state index in [0.717, 1.165) is 30.4 Å². The summed E-state index contributed by atoms with van der Waals surface area (Å²) < 4.78 is 6.14. The highest BCUT2D eigenvalue weighted by Gasteiger charge is 2.45. The minimum atomic E-state index is -0.656. The van der Waals surface area contributed by atoms with E-state index in [1.807, 2.05) is 20.8 Å². The van der Waals surface area contributed by atoms with Gasteiger partial charge in [-0.3, -0.25) is 0 Å². The van der Waals surface area contributed by atoms with Crippen molar-refractivity contribution in [3.05, 3.63) is 48.5 Å². The molecule has 45 heavy (non-hydrogen) atoms. The Hall–Kier alpha value is -1.83. The number of ether oxygens (including phenoxy) is 1. The standard InChI is InChI=1S/C38H59N3O2P2/c1-38(2,3)43-37(42)41-27-36(45(34-14-10-8-11-15-34)35-16-12-9-13-17-35)26-31(41)28-44(32-22-18-29(19-23-32)39(4)5)33-24-20-30(21-25-33)40(6)7/h18-25,31,34-36H,8-17,26-28H2,1-7H3/t31-,36-/m0/s1. The molecular formula is C38H59N3O2P2. The summed E-state index contributed by atoms with van der Waals surface area (Å²) in [5.41, 5.74) is 4.36. The van der Waals surface area contributed by atoms with Gasteiger partial charge in [0.2, 0.25) is 0 Å². The Morgan fingerprint density at radius 1 is 0.733 bits per heavy atom. The fraction of sp³-hybridized carbons (Fsp3) is 0.658. The normalized spacial score (nSPS) is 21.8. The van der Waals surface area contributed by atoms with Crippen LogP contribution in [0, 0.1) is 0 Å². The van der Waals surface area contributed by atoms with E-state index in [1.54, 1.807) is 0 Å². The third-order valence-corrected chi connectivity index (χ3v) is 16.7. The van der Waals surface area contributed by atoms with Gasteiger partial charge in [0.25, 0.3) is 0 Å². The first kappa shape index (κ1) is 34.5. The van der Waals surface area contributed by atoms with E-state index in [1.165, 1.54) is 86.2 Å². The third kappa shape index (κ3) is 8.96. The largest absolute Gasteiger partial charge is 0.444 e. The molecule has 0 spiro atoms. The summed E-state index contributed by atoms with van der Waals surface area (Å²) in [4.78, 5) is 20.5. The lowest BCUT2D eigenvalue weighted by molar-refractivity contribution is 0.0242. The minimum Gasteiger partial charge on any atom is -0.444 e. The summed E-state index contributed by atoms with van der Waals surface area (Å²) in [6, 6.07) is 18.6. The summed E-state index contributed by atoms with van der Waals surface area (Å²) in [5, 5.41) is 2.78. The van der Waals surface area contributed by atoms with Crippen molar-refractivity contribution in [1.82, 2.24) is 4.90 Å². The highest BCUT2D eigenvalue weighted by molar-refractivity contribution is 7.73. The molecule has 2 aliphatic carbocycles. The zero-order chi connectivity index (χ0) is 32.1. The lowest BCUT2D eigenvalue weighted by Crippen LogP contribution is -2.42. The van der Waals surface area contributed by atoms with Crippen molar-refractivity contribution in [3.63, 3.8) is 0 Å². The number of carbonyl (C=O) groups is 1. The molecule has 7 heteroatoms. The van der Waals surface area contributed by atoms with Gasteiger partial charge in [0.05, 0.1) is 0 Å². The summed E-state index contributed by atoms with van der Waals surface area (Å²) in [5.74, 6) is 0. The van der Waals surface area contributed by atoms with Gasteiger partial charge in [0.1, 0.15) is 5.60 Å². The molecule has 0 aromatic heterocycles. The van der Waals surface area contributed by atoms with Crippen molar-refractivity contribution in [1.29, 1.82) is 0 Å². The number of anilines is 2. The number of hydrogen-bond acceptors (Lipinski definition) is 4. The molecule has 1 amide bonds. The van der Waals surface area contributed by atoms with E-state index >= 15 is 0 Å². The predicted molar refractivity (Wildman–Crippen MR) is 198 cm³/mol. The first-order chi connectivity index (χ1) is 21.5. The van der Waals surface area contributed by atoms with Crippen molar-refractivity contribution < 1.29 is 9.53 Å². The Balaban J connectivity index is 1.48. The molecule has 5 rings (SSSR count). The van der Waals surface area contributed by atoms with E-state index in [0.29, 0.717) is 5.66 Å². The van der Waals surface area contributed by atoms with Crippen LogP contribution in [0.15, 0.2) is 48.5 Å². The number of carbonyl (C=O) groups excluding carboxylic acids is 1. The molecule has 0 N–H and O–H groups in total. The van der Waals surface area contributed by atoms with Crippen molar-refractivity contribution >= 4 is 43.9 Å². The molecule has 0 unspecified atom stereocenters. The van der Waals surface area contributed by atoms with Gasteiger partial charge in [-0.05, 0) is 119 Å². The fourth-order valence-corrected chi connectivity index (χ4v) is 15.0.